The minimum atomic E-state index is 0.370. The van der Waals surface area contributed by atoms with E-state index in [-0.39, 0.29) is 0 Å². The van der Waals surface area contributed by atoms with Gasteiger partial charge >= 0.3 is 0 Å². The summed E-state index contributed by atoms with van der Waals surface area (Å²) >= 11 is 0. The van der Waals surface area contributed by atoms with Crippen LogP contribution in [0.25, 0.3) is 10.8 Å². The molecular weight excluding hydrogens is 236 g/mol. The SMILES string of the molecule is COc1ccc2cc(C(C)N(C)CCN)ccc2c1. The van der Waals surface area contributed by atoms with E-state index in [2.05, 4.69) is 49.2 Å². The van der Waals surface area contributed by atoms with E-state index < -0.39 is 0 Å². The van der Waals surface area contributed by atoms with Gasteiger partial charge in [-0.1, -0.05) is 18.2 Å². The third-order valence-electron chi connectivity index (χ3n) is 3.70. The molecule has 19 heavy (non-hydrogen) atoms. The molecule has 2 aromatic rings. The first-order valence-electron chi connectivity index (χ1n) is 6.63. The Morgan fingerprint density at radius 1 is 1.16 bits per heavy atom. The fourth-order valence-corrected chi connectivity index (χ4v) is 2.28. The van der Waals surface area contributed by atoms with Gasteiger partial charge in [-0.3, -0.25) is 4.90 Å². The third kappa shape index (κ3) is 3.06. The number of rotatable bonds is 5. The fourth-order valence-electron chi connectivity index (χ4n) is 2.28. The number of fused-ring (bicyclic) bond motifs is 1. The normalized spacial score (nSPS) is 12.9. The first kappa shape index (κ1) is 13.8. The van der Waals surface area contributed by atoms with Crippen molar-refractivity contribution in [3.05, 3.63) is 42.0 Å². The summed E-state index contributed by atoms with van der Waals surface area (Å²) in [6.07, 6.45) is 0. The minimum absolute atomic E-state index is 0.370. The van der Waals surface area contributed by atoms with Crippen LogP contribution in [-0.2, 0) is 0 Å². The van der Waals surface area contributed by atoms with Gasteiger partial charge in [-0.15, -0.1) is 0 Å². The average molecular weight is 258 g/mol. The first-order valence-corrected chi connectivity index (χ1v) is 6.63. The zero-order valence-electron chi connectivity index (χ0n) is 11.9. The molecule has 0 aromatic heterocycles. The summed E-state index contributed by atoms with van der Waals surface area (Å²) in [6, 6.07) is 13.1. The Morgan fingerprint density at radius 2 is 1.84 bits per heavy atom. The molecule has 0 bridgehead atoms. The quantitative estimate of drug-likeness (QED) is 0.896. The summed E-state index contributed by atoms with van der Waals surface area (Å²) in [5.41, 5.74) is 6.93. The second-order valence-corrected chi connectivity index (χ2v) is 4.92. The van der Waals surface area contributed by atoms with Gasteiger partial charge in [-0.05, 0) is 48.5 Å². The molecule has 0 aliphatic rings. The molecule has 3 heteroatoms. The monoisotopic (exact) mass is 258 g/mol. The molecule has 0 radical (unpaired) electrons. The van der Waals surface area contributed by atoms with Crippen molar-refractivity contribution < 1.29 is 4.74 Å². The maximum absolute atomic E-state index is 5.61. The summed E-state index contributed by atoms with van der Waals surface area (Å²) in [5, 5.41) is 2.45. The minimum Gasteiger partial charge on any atom is -0.497 e. The van der Waals surface area contributed by atoms with Gasteiger partial charge < -0.3 is 10.5 Å². The van der Waals surface area contributed by atoms with Gasteiger partial charge in [0.05, 0.1) is 7.11 Å². The van der Waals surface area contributed by atoms with Crippen LogP contribution >= 0.6 is 0 Å². The van der Waals surface area contributed by atoms with Crippen LogP contribution in [0.1, 0.15) is 18.5 Å². The summed E-state index contributed by atoms with van der Waals surface area (Å²) in [4.78, 5) is 2.27. The molecule has 1 atom stereocenters. The van der Waals surface area contributed by atoms with Crippen molar-refractivity contribution in [3.8, 4) is 5.75 Å². The lowest BCUT2D eigenvalue weighted by atomic mass is 10.0. The van der Waals surface area contributed by atoms with E-state index in [4.69, 9.17) is 10.5 Å². The third-order valence-corrected chi connectivity index (χ3v) is 3.70. The Balaban J connectivity index is 2.31. The maximum Gasteiger partial charge on any atom is 0.119 e. The zero-order valence-corrected chi connectivity index (χ0v) is 11.9. The van der Waals surface area contributed by atoms with Gasteiger partial charge in [0, 0.05) is 19.1 Å². The molecule has 2 N–H and O–H groups in total. The second-order valence-electron chi connectivity index (χ2n) is 4.92. The van der Waals surface area contributed by atoms with Crippen LogP contribution in [0.15, 0.2) is 36.4 Å². The molecule has 0 saturated carbocycles. The number of methoxy groups -OCH3 is 1. The zero-order chi connectivity index (χ0) is 13.8. The average Bonchev–Trinajstić information content (AvgIpc) is 2.45. The predicted octanol–water partition coefficient (Wildman–Crippen LogP) is 2.80. The highest BCUT2D eigenvalue weighted by atomic mass is 16.5. The van der Waals surface area contributed by atoms with E-state index in [1.54, 1.807) is 7.11 Å². The summed E-state index contributed by atoms with van der Waals surface area (Å²) < 4.78 is 5.25. The van der Waals surface area contributed by atoms with Crippen LogP contribution in [0.2, 0.25) is 0 Å². The van der Waals surface area contributed by atoms with E-state index >= 15 is 0 Å². The summed E-state index contributed by atoms with van der Waals surface area (Å²) in [7, 11) is 3.80. The molecule has 0 fully saturated rings. The van der Waals surface area contributed by atoms with Crippen LogP contribution in [-0.4, -0.2) is 32.1 Å². The van der Waals surface area contributed by atoms with Crippen LogP contribution in [0, 0.1) is 0 Å². The van der Waals surface area contributed by atoms with Gasteiger partial charge in [0.25, 0.3) is 0 Å². The number of ether oxygens (including phenoxy) is 1. The van der Waals surface area contributed by atoms with E-state index in [1.807, 2.05) is 6.07 Å². The lowest BCUT2D eigenvalue weighted by Gasteiger charge is -2.24. The van der Waals surface area contributed by atoms with Gasteiger partial charge in [0.15, 0.2) is 0 Å². The lowest BCUT2D eigenvalue weighted by Crippen LogP contribution is -2.28. The Hall–Kier alpha value is -1.58. The highest BCUT2D eigenvalue weighted by Crippen LogP contribution is 2.26. The molecule has 2 rings (SSSR count). The fraction of sp³-hybridized carbons (Fsp3) is 0.375. The van der Waals surface area contributed by atoms with Crippen molar-refractivity contribution in [1.29, 1.82) is 0 Å². The van der Waals surface area contributed by atoms with Crippen LogP contribution in [0.3, 0.4) is 0 Å². The largest absolute Gasteiger partial charge is 0.497 e. The molecule has 2 aromatic carbocycles. The molecule has 102 valence electrons. The van der Waals surface area contributed by atoms with Crippen molar-refractivity contribution in [2.24, 2.45) is 5.73 Å². The molecule has 0 aliphatic carbocycles. The van der Waals surface area contributed by atoms with Crippen molar-refractivity contribution >= 4 is 10.8 Å². The van der Waals surface area contributed by atoms with Crippen molar-refractivity contribution in [2.75, 3.05) is 27.2 Å². The topological polar surface area (TPSA) is 38.5 Å². The number of likely N-dealkylation sites (N-methyl/N-ethyl adjacent to an activating group) is 1. The van der Waals surface area contributed by atoms with Crippen LogP contribution in [0.4, 0.5) is 0 Å². The van der Waals surface area contributed by atoms with E-state index in [1.165, 1.54) is 16.3 Å². The number of nitrogens with two attached hydrogens (primary N) is 1. The van der Waals surface area contributed by atoms with Gasteiger partial charge in [-0.2, -0.15) is 0 Å². The Kier molecular flexibility index (Phi) is 4.40. The number of nitrogens with zero attached hydrogens (tertiary/aromatic N) is 1. The van der Waals surface area contributed by atoms with E-state index in [9.17, 15) is 0 Å². The maximum atomic E-state index is 5.61. The van der Waals surface area contributed by atoms with Crippen LogP contribution in [0.5, 0.6) is 5.75 Å². The highest BCUT2D eigenvalue weighted by molar-refractivity contribution is 5.84. The van der Waals surface area contributed by atoms with Gasteiger partial charge in [-0.25, -0.2) is 0 Å². The Morgan fingerprint density at radius 3 is 2.53 bits per heavy atom. The van der Waals surface area contributed by atoms with Crippen molar-refractivity contribution in [3.63, 3.8) is 0 Å². The Bertz CT molecular complexity index is 553. The molecule has 0 spiro atoms. The molecule has 3 nitrogen and oxygen atoms in total. The summed E-state index contributed by atoms with van der Waals surface area (Å²) in [6.45, 7) is 3.80. The van der Waals surface area contributed by atoms with Gasteiger partial charge in [0.2, 0.25) is 0 Å². The lowest BCUT2D eigenvalue weighted by molar-refractivity contribution is 0.269. The van der Waals surface area contributed by atoms with Crippen LogP contribution < -0.4 is 10.5 Å². The van der Waals surface area contributed by atoms with E-state index in [0.717, 1.165) is 12.3 Å². The second kappa shape index (κ2) is 6.04. The molecule has 0 amide bonds. The highest BCUT2D eigenvalue weighted by Gasteiger charge is 2.11. The number of hydrogen-bond donors (Lipinski definition) is 1. The number of hydrogen-bond acceptors (Lipinski definition) is 3. The Labute approximate surface area is 115 Å². The molecule has 0 aliphatic heterocycles. The number of benzene rings is 2. The standard InChI is InChI=1S/C16H22N2O/c1-12(18(2)9-8-17)13-4-5-15-11-16(19-3)7-6-14(15)10-13/h4-7,10-12H,8-9,17H2,1-3H3. The van der Waals surface area contributed by atoms with Crippen molar-refractivity contribution in [2.45, 2.75) is 13.0 Å². The molecule has 0 heterocycles. The molecule has 0 saturated heterocycles. The van der Waals surface area contributed by atoms with E-state index in [0.29, 0.717) is 12.6 Å². The molecule has 1 unspecified atom stereocenters. The summed E-state index contributed by atoms with van der Waals surface area (Å²) in [5.74, 6) is 0.897. The first-order chi connectivity index (χ1) is 9.15. The van der Waals surface area contributed by atoms with Gasteiger partial charge in [0.1, 0.15) is 5.75 Å². The molecular formula is C16H22N2O. The van der Waals surface area contributed by atoms with Crippen molar-refractivity contribution in [1.82, 2.24) is 4.90 Å². The predicted molar refractivity (Wildman–Crippen MR) is 80.6 cm³/mol. The smallest absolute Gasteiger partial charge is 0.119 e.